The third-order valence-corrected chi connectivity index (χ3v) is 7.15. The molecular weight excluding hydrogens is 438 g/mol. The number of piperidine rings is 1. The number of amides is 2. The number of pyridine rings is 1. The molecule has 2 heterocycles. The van der Waals surface area contributed by atoms with E-state index in [0.717, 1.165) is 0 Å². The van der Waals surface area contributed by atoms with E-state index in [4.69, 9.17) is 0 Å². The number of non-ortho nitro benzene ring substituents is 1. The smallest absolute Gasteiger partial charge is 0.313 e. The monoisotopic (exact) mass is 461 g/mol. The number of benzene rings is 1. The van der Waals surface area contributed by atoms with Crippen molar-refractivity contribution in [3.05, 3.63) is 58.4 Å². The van der Waals surface area contributed by atoms with E-state index in [-0.39, 0.29) is 23.0 Å². The zero-order chi connectivity index (χ0) is 23.3. The van der Waals surface area contributed by atoms with Crippen molar-refractivity contribution >= 4 is 33.2 Å². The van der Waals surface area contributed by atoms with Crippen LogP contribution in [0.2, 0.25) is 0 Å². The van der Waals surface area contributed by atoms with E-state index in [1.54, 1.807) is 13.0 Å². The van der Waals surface area contributed by atoms with E-state index in [1.165, 1.54) is 41.0 Å². The highest BCUT2D eigenvalue weighted by atomic mass is 32.2. The molecular formula is C20H23N5O6S. The summed E-state index contributed by atoms with van der Waals surface area (Å²) in [6.07, 6.45) is 3.91. The summed E-state index contributed by atoms with van der Waals surface area (Å²) in [5.41, 5.74) is 0.661. The molecule has 0 radical (unpaired) electrons. The molecule has 1 saturated heterocycles. The molecule has 170 valence electrons. The second kappa shape index (κ2) is 9.83. The van der Waals surface area contributed by atoms with E-state index in [0.29, 0.717) is 37.2 Å². The average Bonchev–Trinajstić information content (AvgIpc) is 2.79. The molecule has 0 saturated carbocycles. The third kappa shape index (κ3) is 5.45. The zero-order valence-electron chi connectivity index (χ0n) is 17.4. The van der Waals surface area contributed by atoms with Gasteiger partial charge < -0.3 is 10.6 Å². The number of carbonyl (C=O) groups excluding carboxylic acids is 2. The van der Waals surface area contributed by atoms with E-state index in [1.807, 2.05) is 0 Å². The van der Waals surface area contributed by atoms with Gasteiger partial charge in [-0.25, -0.2) is 8.42 Å². The standard InChI is InChI=1S/C20H23N5O6S/c1-14-11-16(25(28)29)4-5-18(14)23-20(27)19(26)22-12-15-6-9-24(10-7-15)32(30,31)17-3-2-8-21-13-17/h2-5,8,11,13,15H,6-7,9-10,12H2,1H3,(H,22,26)(H,23,27). The number of rotatable bonds is 6. The van der Waals surface area contributed by atoms with E-state index in [9.17, 15) is 28.1 Å². The predicted molar refractivity (Wildman–Crippen MR) is 115 cm³/mol. The van der Waals surface area contributed by atoms with E-state index in [2.05, 4.69) is 15.6 Å². The van der Waals surface area contributed by atoms with Crippen molar-refractivity contribution < 1.29 is 22.9 Å². The quantitative estimate of drug-likeness (QED) is 0.375. The van der Waals surface area contributed by atoms with Crippen LogP contribution in [-0.2, 0) is 19.6 Å². The Hall–Kier alpha value is -3.38. The van der Waals surface area contributed by atoms with Crippen molar-refractivity contribution in [2.75, 3.05) is 25.0 Å². The third-order valence-electron chi connectivity index (χ3n) is 5.27. The molecule has 1 aromatic heterocycles. The van der Waals surface area contributed by atoms with Gasteiger partial charge in [-0.15, -0.1) is 0 Å². The molecule has 0 aliphatic carbocycles. The van der Waals surface area contributed by atoms with Crippen LogP contribution in [-0.4, -0.2) is 54.1 Å². The molecule has 1 aromatic carbocycles. The van der Waals surface area contributed by atoms with Gasteiger partial charge in [-0.3, -0.25) is 24.7 Å². The molecule has 2 amide bonds. The highest BCUT2D eigenvalue weighted by Crippen LogP contribution is 2.23. The summed E-state index contributed by atoms with van der Waals surface area (Å²) in [6, 6.07) is 6.99. The Morgan fingerprint density at radius 1 is 1.22 bits per heavy atom. The molecule has 2 N–H and O–H groups in total. The summed E-state index contributed by atoms with van der Waals surface area (Å²) in [6.45, 7) is 2.46. The zero-order valence-corrected chi connectivity index (χ0v) is 18.2. The molecule has 0 atom stereocenters. The van der Waals surface area contributed by atoms with Gasteiger partial charge in [0.2, 0.25) is 10.0 Å². The molecule has 3 rings (SSSR count). The van der Waals surface area contributed by atoms with Gasteiger partial charge in [0.05, 0.1) is 4.92 Å². The largest absolute Gasteiger partial charge is 0.348 e. The normalized spacial score (nSPS) is 15.2. The minimum Gasteiger partial charge on any atom is -0.348 e. The topological polar surface area (TPSA) is 152 Å². The first kappa shape index (κ1) is 23.3. The number of sulfonamides is 1. The Balaban J connectivity index is 1.48. The summed E-state index contributed by atoms with van der Waals surface area (Å²) in [5.74, 6) is -1.67. The Kier molecular flexibility index (Phi) is 7.15. The van der Waals surface area contributed by atoms with Gasteiger partial charge in [-0.1, -0.05) is 0 Å². The van der Waals surface area contributed by atoms with Gasteiger partial charge >= 0.3 is 11.8 Å². The van der Waals surface area contributed by atoms with Gasteiger partial charge in [-0.05, 0) is 49.4 Å². The number of anilines is 1. The number of hydrogen-bond donors (Lipinski definition) is 2. The minimum atomic E-state index is -3.60. The summed E-state index contributed by atoms with van der Waals surface area (Å²) in [5, 5.41) is 15.8. The fourth-order valence-corrected chi connectivity index (χ4v) is 4.83. The van der Waals surface area contributed by atoms with Crippen molar-refractivity contribution in [2.24, 2.45) is 5.92 Å². The first-order chi connectivity index (χ1) is 15.2. The van der Waals surface area contributed by atoms with Crippen LogP contribution in [0.5, 0.6) is 0 Å². The van der Waals surface area contributed by atoms with Crippen LogP contribution < -0.4 is 10.6 Å². The van der Waals surface area contributed by atoms with Crippen LogP contribution >= 0.6 is 0 Å². The van der Waals surface area contributed by atoms with Gasteiger partial charge in [-0.2, -0.15) is 4.31 Å². The van der Waals surface area contributed by atoms with Gasteiger partial charge in [0.1, 0.15) is 4.90 Å². The van der Waals surface area contributed by atoms with Crippen molar-refractivity contribution in [3.8, 4) is 0 Å². The molecule has 2 aromatic rings. The van der Waals surface area contributed by atoms with E-state index >= 15 is 0 Å². The number of aromatic nitrogens is 1. The average molecular weight is 462 g/mol. The Bertz CT molecular complexity index is 1110. The van der Waals surface area contributed by atoms with Crippen LogP contribution in [0.4, 0.5) is 11.4 Å². The molecule has 32 heavy (non-hydrogen) atoms. The first-order valence-electron chi connectivity index (χ1n) is 9.93. The van der Waals surface area contributed by atoms with Crippen LogP contribution in [0.1, 0.15) is 18.4 Å². The fourth-order valence-electron chi connectivity index (χ4n) is 3.40. The molecule has 11 nitrogen and oxygen atoms in total. The second-order valence-electron chi connectivity index (χ2n) is 7.46. The van der Waals surface area contributed by atoms with Crippen LogP contribution in [0.15, 0.2) is 47.6 Å². The van der Waals surface area contributed by atoms with Gasteiger partial charge in [0, 0.05) is 49.8 Å². The lowest BCUT2D eigenvalue weighted by Gasteiger charge is -2.31. The molecule has 1 fully saturated rings. The van der Waals surface area contributed by atoms with E-state index < -0.39 is 26.8 Å². The molecule has 12 heteroatoms. The lowest BCUT2D eigenvalue weighted by molar-refractivity contribution is -0.384. The summed E-state index contributed by atoms with van der Waals surface area (Å²) < 4.78 is 26.7. The number of nitro groups is 1. The van der Waals surface area contributed by atoms with Crippen LogP contribution in [0, 0.1) is 23.0 Å². The second-order valence-corrected chi connectivity index (χ2v) is 9.39. The number of nitrogens with one attached hydrogen (secondary N) is 2. The van der Waals surface area contributed by atoms with Crippen LogP contribution in [0.25, 0.3) is 0 Å². The van der Waals surface area contributed by atoms with Crippen LogP contribution in [0.3, 0.4) is 0 Å². The number of carbonyl (C=O) groups is 2. The molecule has 1 aliphatic heterocycles. The van der Waals surface area contributed by atoms with Crippen molar-refractivity contribution in [3.63, 3.8) is 0 Å². The van der Waals surface area contributed by atoms with Gasteiger partial charge in [0.25, 0.3) is 5.69 Å². The van der Waals surface area contributed by atoms with Crippen molar-refractivity contribution in [1.82, 2.24) is 14.6 Å². The highest BCUT2D eigenvalue weighted by molar-refractivity contribution is 7.89. The molecule has 0 spiro atoms. The number of nitro benzene ring substituents is 1. The lowest BCUT2D eigenvalue weighted by Crippen LogP contribution is -2.43. The minimum absolute atomic E-state index is 0.0354. The maximum Gasteiger partial charge on any atom is 0.313 e. The Morgan fingerprint density at radius 2 is 1.94 bits per heavy atom. The summed E-state index contributed by atoms with van der Waals surface area (Å²) in [4.78, 5) is 38.5. The highest BCUT2D eigenvalue weighted by Gasteiger charge is 2.30. The lowest BCUT2D eigenvalue weighted by atomic mass is 9.98. The predicted octanol–water partition coefficient (Wildman–Crippen LogP) is 1.45. The SMILES string of the molecule is Cc1cc([N+](=O)[O-])ccc1NC(=O)C(=O)NCC1CCN(S(=O)(=O)c2cccnc2)CC1. The summed E-state index contributed by atoms with van der Waals surface area (Å²) in [7, 11) is -3.60. The van der Waals surface area contributed by atoms with Crippen molar-refractivity contribution in [1.29, 1.82) is 0 Å². The number of aryl methyl sites for hydroxylation is 1. The molecule has 1 aliphatic rings. The number of hydrogen-bond acceptors (Lipinski definition) is 7. The molecule has 0 unspecified atom stereocenters. The Labute approximate surface area is 185 Å². The Morgan fingerprint density at radius 3 is 2.53 bits per heavy atom. The maximum atomic E-state index is 12.6. The van der Waals surface area contributed by atoms with Crippen molar-refractivity contribution in [2.45, 2.75) is 24.7 Å². The number of nitrogens with zero attached hydrogens (tertiary/aromatic N) is 3. The van der Waals surface area contributed by atoms with Gasteiger partial charge in [0.15, 0.2) is 0 Å². The first-order valence-corrected chi connectivity index (χ1v) is 11.4. The summed E-state index contributed by atoms with van der Waals surface area (Å²) >= 11 is 0. The molecule has 0 bridgehead atoms. The fraction of sp³-hybridized carbons (Fsp3) is 0.350. The maximum absolute atomic E-state index is 12.6.